The molecule has 0 atom stereocenters. The molecule has 2 aromatic heterocycles. The van der Waals surface area contributed by atoms with Gasteiger partial charge in [-0.2, -0.15) is 0 Å². The summed E-state index contributed by atoms with van der Waals surface area (Å²) in [7, 11) is 0. The summed E-state index contributed by atoms with van der Waals surface area (Å²) in [5.74, 6) is 2.54. The van der Waals surface area contributed by atoms with Gasteiger partial charge in [0, 0.05) is 17.4 Å². The smallest absolute Gasteiger partial charge is 0.259 e. The fourth-order valence-corrected chi connectivity index (χ4v) is 4.96. The van der Waals surface area contributed by atoms with E-state index in [-0.39, 0.29) is 5.56 Å². The molecular formula is C31H28N4O2. The Hall–Kier alpha value is -4.42. The number of piperidine rings is 1. The fraction of sp³-hybridized carbons (Fsp3) is 0.161. The molecule has 6 nitrogen and oxygen atoms in total. The van der Waals surface area contributed by atoms with Gasteiger partial charge in [-0.05, 0) is 91.3 Å². The second-order valence-electron chi connectivity index (χ2n) is 9.31. The van der Waals surface area contributed by atoms with Crippen LogP contribution in [0.5, 0.6) is 11.5 Å². The molecule has 1 fully saturated rings. The lowest BCUT2D eigenvalue weighted by Crippen LogP contribution is -2.26. The molecule has 0 radical (unpaired) electrons. The van der Waals surface area contributed by atoms with Crippen LogP contribution in [0.2, 0.25) is 0 Å². The van der Waals surface area contributed by atoms with Gasteiger partial charge in [0.05, 0.1) is 11.1 Å². The number of H-pyrrole nitrogens is 1. The number of nitrogens with zero attached hydrogens (tertiary/aromatic N) is 1. The zero-order valence-corrected chi connectivity index (χ0v) is 20.4. The van der Waals surface area contributed by atoms with E-state index in [0.717, 1.165) is 54.0 Å². The number of anilines is 2. The first-order valence-electron chi connectivity index (χ1n) is 12.7. The quantitative estimate of drug-likeness (QED) is 0.251. The van der Waals surface area contributed by atoms with E-state index in [1.807, 2.05) is 66.7 Å². The topological polar surface area (TPSA) is 79.0 Å². The van der Waals surface area contributed by atoms with Gasteiger partial charge < -0.3 is 20.4 Å². The summed E-state index contributed by atoms with van der Waals surface area (Å²) in [6, 6.07) is 29.8. The lowest BCUT2D eigenvalue weighted by atomic mass is 9.90. The maximum absolute atomic E-state index is 12.8. The van der Waals surface area contributed by atoms with Crippen molar-refractivity contribution in [1.29, 1.82) is 0 Å². The van der Waals surface area contributed by atoms with Crippen molar-refractivity contribution < 1.29 is 4.74 Å². The molecule has 5 aromatic rings. The number of para-hydroxylation sites is 2. The van der Waals surface area contributed by atoms with Gasteiger partial charge in [0.25, 0.3) is 5.56 Å². The van der Waals surface area contributed by atoms with Crippen LogP contribution in [0.15, 0.2) is 102 Å². The van der Waals surface area contributed by atoms with Crippen LogP contribution >= 0.6 is 0 Å². The van der Waals surface area contributed by atoms with Crippen LogP contribution in [0, 0.1) is 0 Å². The molecule has 0 amide bonds. The first-order valence-corrected chi connectivity index (χ1v) is 12.7. The van der Waals surface area contributed by atoms with Crippen molar-refractivity contribution in [3.63, 3.8) is 0 Å². The number of nitrogens with one attached hydrogen (secondary N) is 3. The van der Waals surface area contributed by atoms with E-state index in [9.17, 15) is 4.79 Å². The molecule has 3 aromatic carbocycles. The fourth-order valence-electron chi connectivity index (χ4n) is 4.96. The molecule has 6 rings (SSSR count). The van der Waals surface area contributed by atoms with Gasteiger partial charge in [-0.1, -0.05) is 42.5 Å². The van der Waals surface area contributed by atoms with Gasteiger partial charge in [-0.3, -0.25) is 4.79 Å². The van der Waals surface area contributed by atoms with Crippen LogP contribution in [0.25, 0.3) is 22.0 Å². The van der Waals surface area contributed by atoms with E-state index in [1.165, 1.54) is 5.56 Å². The average molecular weight is 489 g/mol. The highest BCUT2D eigenvalue weighted by Crippen LogP contribution is 2.35. The predicted octanol–water partition coefficient (Wildman–Crippen LogP) is 6.59. The van der Waals surface area contributed by atoms with Crippen molar-refractivity contribution in [2.45, 2.75) is 18.8 Å². The predicted molar refractivity (Wildman–Crippen MR) is 149 cm³/mol. The number of benzene rings is 3. The van der Waals surface area contributed by atoms with Crippen LogP contribution < -0.4 is 20.9 Å². The van der Waals surface area contributed by atoms with Crippen LogP contribution in [-0.2, 0) is 0 Å². The number of rotatable bonds is 6. The minimum atomic E-state index is -0.181. The normalized spacial score (nSPS) is 13.9. The van der Waals surface area contributed by atoms with Crippen molar-refractivity contribution in [1.82, 2.24) is 15.3 Å². The summed E-state index contributed by atoms with van der Waals surface area (Å²) >= 11 is 0. The van der Waals surface area contributed by atoms with Gasteiger partial charge in [0.15, 0.2) is 0 Å². The Labute approximate surface area is 215 Å². The summed E-state index contributed by atoms with van der Waals surface area (Å²) in [6.45, 7) is 2.12. The van der Waals surface area contributed by atoms with E-state index < -0.39 is 0 Å². The number of aromatic nitrogens is 2. The number of aromatic amines is 1. The van der Waals surface area contributed by atoms with E-state index >= 15 is 0 Å². The molecule has 1 aliphatic rings. The number of ether oxygens (including phenoxy) is 1. The largest absolute Gasteiger partial charge is 0.457 e. The Kier molecular flexibility index (Phi) is 6.40. The van der Waals surface area contributed by atoms with E-state index in [2.05, 4.69) is 39.9 Å². The second-order valence-corrected chi connectivity index (χ2v) is 9.31. The minimum Gasteiger partial charge on any atom is -0.457 e. The molecule has 0 spiro atoms. The molecule has 0 bridgehead atoms. The Balaban J connectivity index is 1.38. The highest BCUT2D eigenvalue weighted by molar-refractivity contribution is 5.95. The summed E-state index contributed by atoms with van der Waals surface area (Å²) in [5.41, 5.74) is 3.62. The Morgan fingerprint density at radius 3 is 2.43 bits per heavy atom. The highest BCUT2D eigenvalue weighted by Gasteiger charge is 2.17. The van der Waals surface area contributed by atoms with Crippen LogP contribution in [0.1, 0.15) is 24.3 Å². The Morgan fingerprint density at radius 1 is 0.865 bits per heavy atom. The molecule has 1 saturated heterocycles. The third-order valence-electron chi connectivity index (χ3n) is 6.87. The summed E-state index contributed by atoms with van der Waals surface area (Å²) in [4.78, 5) is 20.6. The second kappa shape index (κ2) is 10.3. The van der Waals surface area contributed by atoms with Gasteiger partial charge in [0.1, 0.15) is 17.3 Å². The summed E-state index contributed by atoms with van der Waals surface area (Å²) in [5, 5.41) is 8.16. The third kappa shape index (κ3) is 4.97. The van der Waals surface area contributed by atoms with Crippen molar-refractivity contribution in [3.05, 3.63) is 113 Å². The van der Waals surface area contributed by atoms with E-state index in [1.54, 1.807) is 6.20 Å². The average Bonchev–Trinajstić information content (AvgIpc) is 2.95. The standard InChI is InChI=1S/C31H28N4O2/c36-31-29-23(16-19-33-31)20-27(26-8-4-5-9-28(26)37-25-6-2-1-3-7-25)35-30(29)34-24-12-10-21(11-13-24)22-14-17-32-18-15-22/h1-13,16,19-20,22,32H,14-15,17-18H2,(H,33,36)(H,34,35). The summed E-state index contributed by atoms with van der Waals surface area (Å²) < 4.78 is 6.20. The SMILES string of the molecule is O=c1[nH]ccc2cc(-c3ccccc3Oc3ccccc3)nc(Nc3ccc(C4CCNCC4)cc3)c12. The highest BCUT2D eigenvalue weighted by atomic mass is 16.5. The zero-order valence-electron chi connectivity index (χ0n) is 20.4. The van der Waals surface area contributed by atoms with Gasteiger partial charge in [-0.25, -0.2) is 4.98 Å². The molecule has 6 heteroatoms. The lowest BCUT2D eigenvalue weighted by Gasteiger charge is -2.23. The zero-order chi connectivity index (χ0) is 25.0. The van der Waals surface area contributed by atoms with Gasteiger partial charge in [0.2, 0.25) is 0 Å². The van der Waals surface area contributed by atoms with Gasteiger partial charge in [-0.15, -0.1) is 0 Å². The summed E-state index contributed by atoms with van der Waals surface area (Å²) in [6.07, 6.45) is 3.97. The first kappa shape index (κ1) is 23.0. The number of pyridine rings is 2. The minimum absolute atomic E-state index is 0.181. The van der Waals surface area contributed by atoms with Crippen LogP contribution in [0.4, 0.5) is 11.5 Å². The third-order valence-corrected chi connectivity index (χ3v) is 6.87. The maximum atomic E-state index is 12.8. The van der Waals surface area contributed by atoms with Crippen molar-refractivity contribution in [3.8, 4) is 22.8 Å². The molecule has 37 heavy (non-hydrogen) atoms. The number of hydrogen-bond acceptors (Lipinski definition) is 5. The number of hydrogen-bond donors (Lipinski definition) is 3. The molecule has 1 aliphatic heterocycles. The lowest BCUT2D eigenvalue weighted by molar-refractivity contribution is 0.460. The molecule has 3 N–H and O–H groups in total. The molecule has 0 aliphatic carbocycles. The first-order chi connectivity index (χ1) is 18.2. The van der Waals surface area contributed by atoms with Crippen molar-refractivity contribution in [2.24, 2.45) is 0 Å². The monoisotopic (exact) mass is 488 g/mol. The van der Waals surface area contributed by atoms with Crippen molar-refractivity contribution >= 4 is 22.3 Å². The van der Waals surface area contributed by atoms with Crippen LogP contribution in [0.3, 0.4) is 0 Å². The molecule has 3 heterocycles. The molecule has 0 saturated carbocycles. The van der Waals surface area contributed by atoms with Gasteiger partial charge >= 0.3 is 0 Å². The van der Waals surface area contributed by atoms with E-state index in [0.29, 0.717) is 22.9 Å². The Morgan fingerprint density at radius 2 is 1.62 bits per heavy atom. The molecule has 184 valence electrons. The number of fused-ring (bicyclic) bond motifs is 1. The molecule has 0 unspecified atom stereocenters. The molecular weight excluding hydrogens is 460 g/mol. The Bertz CT molecular complexity index is 1570. The van der Waals surface area contributed by atoms with Crippen LogP contribution in [-0.4, -0.2) is 23.1 Å². The van der Waals surface area contributed by atoms with E-state index in [4.69, 9.17) is 9.72 Å². The maximum Gasteiger partial charge on any atom is 0.259 e. The van der Waals surface area contributed by atoms with Crippen molar-refractivity contribution in [2.75, 3.05) is 18.4 Å².